The molecule has 2 fully saturated rings. The fraction of sp³-hybridized carbons (Fsp3) is 0.500. The first-order valence-electron chi connectivity index (χ1n) is 10.8. The van der Waals surface area contributed by atoms with Crippen molar-refractivity contribution in [1.29, 1.82) is 0 Å². The van der Waals surface area contributed by atoms with Gasteiger partial charge in [0.25, 0.3) is 5.91 Å². The van der Waals surface area contributed by atoms with Crippen LogP contribution in [0.1, 0.15) is 40.9 Å². The van der Waals surface area contributed by atoms with Gasteiger partial charge in [-0.05, 0) is 49.2 Å². The molecule has 2 aliphatic rings. The highest BCUT2D eigenvalue weighted by molar-refractivity contribution is 7.89. The molecule has 0 unspecified atom stereocenters. The first-order valence-corrected chi connectivity index (χ1v) is 13.4. The average molecular weight is 482 g/mol. The molecule has 0 saturated carbocycles. The van der Waals surface area contributed by atoms with Crippen molar-refractivity contribution < 1.29 is 13.2 Å². The Morgan fingerprint density at radius 1 is 0.871 bits per heavy atom. The molecule has 2 aliphatic heterocycles. The van der Waals surface area contributed by atoms with Crippen molar-refractivity contribution in [3.05, 3.63) is 51.2 Å². The Morgan fingerprint density at radius 3 is 2.10 bits per heavy atom. The van der Waals surface area contributed by atoms with E-state index in [0.717, 1.165) is 49.7 Å². The van der Waals surface area contributed by atoms with Gasteiger partial charge in [-0.25, -0.2) is 8.42 Å². The van der Waals surface area contributed by atoms with E-state index in [9.17, 15) is 13.2 Å². The third kappa shape index (κ3) is 5.49. The van der Waals surface area contributed by atoms with E-state index in [-0.39, 0.29) is 10.8 Å². The summed E-state index contributed by atoms with van der Waals surface area (Å²) in [4.78, 5) is 18.6. The number of hydrogen-bond acceptors (Lipinski definition) is 5. The second kappa shape index (κ2) is 10.0. The van der Waals surface area contributed by atoms with Crippen LogP contribution < -0.4 is 0 Å². The number of carbonyl (C=O) groups excluding carboxylic acids is 1. The maximum atomic E-state index is 12.9. The Morgan fingerprint density at radius 2 is 1.52 bits per heavy atom. The van der Waals surface area contributed by atoms with E-state index in [1.54, 1.807) is 39.9 Å². The van der Waals surface area contributed by atoms with Gasteiger partial charge < -0.3 is 4.90 Å². The molecule has 0 radical (unpaired) electrons. The van der Waals surface area contributed by atoms with Crippen LogP contribution in [-0.2, 0) is 16.6 Å². The van der Waals surface area contributed by atoms with E-state index in [1.807, 2.05) is 17.0 Å². The van der Waals surface area contributed by atoms with Gasteiger partial charge in [0.2, 0.25) is 10.0 Å². The minimum atomic E-state index is -3.49. The second-order valence-corrected chi connectivity index (χ2v) is 11.9. The third-order valence-corrected chi connectivity index (χ3v) is 9.10. The smallest absolute Gasteiger partial charge is 0.253 e. The molecule has 1 amide bonds. The molecule has 1 aromatic carbocycles. The van der Waals surface area contributed by atoms with Gasteiger partial charge in [-0.15, -0.1) is 11.3 Å². The lowest BCUT2D eigenvalue weighted by atomic mass is 10.2. The van der Waals surface area contributed by atoms with E-state index in [4.69, 9.17) is 11.6 Å². The fourth-order valence-electron chi connectivity index (χ4n) is 4.15. The molecule has 6 nitrogen and oxygen atoms in total. The van der Waals surface area contributed by atoms with Crippen LogP contribution in [0.4, 0.5) is 0 Å². The summed E-state index contributed by atoms with van der Waals surface area (Å²) in [5.74, 6) is -0.0439. The van der Waals surface area contributed by atoms with Crippen LogP contribution in [0.15, 0.2) is 41.3 Å². The Labute approximate surface area is 193 Å². The molecular formula is C22H28ClN3O3S2. The van der Waals surface area contributed by atoms with Gasteiger partial charge in [0.15, 0.2) is 0 Å². The van der Waals surface area contributed by atoms with Crippen molar-refractivity contribution in [2.45, 2.75) is 37.1 Å². The highest BCUT2D eigenvalue weighted by Gasteiger charge is 2.26. The van der Waals surface area contributed by atoms with Crippen LogP contribution in [0.5, 0.6) is 0 Å². The predicted octanol–water partition coefficient (Wildman–Crippen LogP) is 3.92. The van der Waals surface area contributed by atoms with Crippen molar-refractivity contribution in [3.63, 3.8) is 0 Å². The molecular weight excluding hydrogens is 454 g/mol. The van der Waals surface area contributed by atoms with Crippen LogP contribution in [-0.4, -0.2) is 67.7 Å². The Balaban J connectivity index is 1.35. The SMILES string of the molecule is O=C(c1ccc(S(=O)(=O)N2CCCCCC2)cc1)N1CCN(Cc2ccc(Cl)s2)CC1. The Kier molecular flexibility index (Phi) is 7.33. The normalized spacial score (nSPS) is 19.3. The molecule has 2 aromatic rings. The van der Waals surface area contributed by atoms with E-state index >= 15 is 0 Å². The predicted molar refractivity (Wildman–Crippen MR) is 124 cm³/mol. The summed E-state index contributed by atoms with van der Waals surface area (Å²) in [6, 6.07) is 10.4. The number of amides is 1. The number of sulfonamides is 1. The van der Waals surface area contributed by atoms with Gasteiger partial charge in [0, 0.05) is 56.3 Å². The number of halogens is 1. The van der Waals surface area contributed by atoms with Crippen molar-refractivity contribution in [2.75, 3.05) is 39.3 Å². The average Bonchev–Trinajstić information content (AvgIpc) is 3.01. The zero-order valence-corrected chi connectivity index (χ0v) is 19.9. The van der Waals surface area contributed by atoms with Crippen molar-refractivity contribution >= 4 is 38.9 Å². The van der Waals surface area contributed by atoms with Crippen LogP contribution in [0.25, 0.3) is 0 Å². The molecule has 0 aliphatic carbocycles. The van der Waals surface area contributed by atoms with Gasteiger partial charge in [-0.2, -0.15) is 4.31 Å². The molecule has 1 aromatic heterocycles. The number of carbonyl (C=O) groups is 1. The van der Waals surface area contributed by atoms with Crippen LogP contribution >= 0.6 is 22.9 Å². The Bertz CT molecular complexity index is 991. The monoisotopic (exact) mass is 481 g/mol. The summed E-state index contributed by atoms with van der Waals surface area (Å²) in [6.07, 6.45) is 3.96. The van der Waals surface area contributed by atoms with E-state index in [2.05, 4.69) is 4.90 Å². The molecule has 0 N–H and O–H groups in total. The minimum absolute atomic E-state index is 0.0439. The largest absolute Gasteiger partial charge is 0.336 e. The number of hydrogen-bond donors (Lipinski definition) is 0. The molecule has 9 heteroatoms. The van der Waals surface area contributed by atoms with Gasteiger partial charge in [-0.1, -0.05) is 24.4 Å². The molecule has 168 valence electrons. The van der Waals surface area contributed by atoms with Gasteiger partial charge in [-0.3, -0.25) is 9.69 Å². The van der Waals surface area contributed by atoms with Gasteiger partial charge in [0.05, 0.1) is 9.23 Å². The first kappa shape index (κ1) is 22.7. The zero-order valence-electron chi connectivity index (χ0n) is 17.5. The molecule has 0 spiro atoms. The quantitative estimate of drug-likeness (QED) is 0.649. The topological polar surface area (TPSA) is 60.9 Å². The van der Waals surface area contributed by atoms with Crippen molar-refractivity contribution in [2.24, 2.45) is 0 Å². The summed E-state index contributed by atoms with van der Waals surface area (Å²) in [5, 5.41) is 0. The molecule has 3 heterocycles. The van der Waals surface area contributed by atoms with E-state index in [1.165, 1.54) is 4.88 Å². The number of benzene rings is 1. The number of nitrogens with zero attached hydrogens (tertiary/aromatic N) is 3. The lowest BCUT2D eigenvalue weighted by Crippen LogP contribution is -2.48. The van der Waals surface area contributed by atoms with Crippen LogP contribution in [0, 0.1) is 0 Å². The third-order valence-electron chi connectivity index (χ3n) is 5.97. The molecule has 31 heavy (non-hydrogen) atoms. The lowest BCUT2D eigenvalue weighted by molar-refractivity contribution is 0.0629. The summed E-state index contributed by atoms with van der Waals surface area (Å²) >= 11 is 7.60. The molecule has 0 bridgehead atoms. The van der Waals surface area contributed by atoms with Crippen LogP contribution in [0.3, 0.4) is 0 Å². The maximum Gasteiger partial charge on any atom is 0.253 e. The maximum absolute atomic E-state index is 12.9. The summed E-state index contributed by atoms with van der Waals surface area (Å²) < 4.78 is 28.2. The number of thiophene rings is 1. The van der Waals surface area contributed by atoms with Crippen molar-refractivity contribution in [3.8, 4) is 0 Å². The summed E-state index contributed by atoms with van der Waals surface area (Å²) in [7, 11) is -3.49. The van der Waals surface area contributed by atoms with E-state index in [0.29, 0.717) is 31.7 Å². The minimum Gasteiger partial charge on any atom is -0.336 e. The second-order valence-electron chi connectivity index (χ2n) is 8.12. The molecule has 4 rings (SSSR count). The lowest BCUT2D eigenvalue weighted by Gasteiger charge is -2.34. The standard InChI is InChI=1S/C22H28ClN3O3S2/c23-21-10-7-19(30-21)17-24-13-15-25(16-14-24)22(27)18-5-8-20(9-6-18)31(28,29)26-11-3-1-2-4-12-26/h5-10H,1-4,11-17H2. The van der Waals surface area contributed by atoms with Crippen molar-refractivity contribution in [1.82, 2.24) is 14.1 Å². The zero-order chi connectivity index (χ0) is 21.8. The van der Waals surface area contributed by atoms with Gasteiger partial charge in [0.1, 0.15) is 0 Å². The fourth-order valence-corrected chi connectivity index (χ4v) is 6.80. The molecule has 0 atom stereocenters. The Hall–Kier alpha value is -1.45. The summed E-state index contributed by atoms with van der Waals surface area (Å²) in [5.41, 5.74) is 0.535. The van der Waals surface area contributed by atoms with E-state index < -0.39 is 10.0 Å². The summed E-state index contributed by atoms with van der Waals surface area (Å²) in [6.45, 7) is 4.93. The van der Waals surface area contributed by atoms with Gasteiger partial charge >= 0.3 is 0 Å². The highest BCUT2D eigenvalue weighted by Crippen LogP contribution is 2.24. The first-order chi connectivity index (χ1) is 14.9. The molecule has 2 saturated heterocycles. The number of piperazine rings is 1. The van der Waals surface area contributed by atoms with Crippen LogP contribution in [0.2, 0.25) is 4.34 Å². The number of rotatable bonds is 5. The highest BCUT2D eigenvalue weighted by atomic mass is 35.5.